The Morgan fingerprint density at radius 1 is 1.17 bits per heavy atom. The molecule has 1 aliphatic carbocycles. The van der Waals surface area contributed by atoms with Gasteiger partial charge in [0.2, 0.25) is 5.89 Å². The summed E-state index contributed by atoms with van der Waals surface area (Å²) in [6.07, 6.45) is 11.6. The van der Waals surface area contributed by atoms with E-state index in [1.54, 1.807) is 18.6 Å². The second-order valence-corrected chi connectivity index (χ2v) is 4.72. The number of aryl methyl sites for hydroxylation is 2. The van der Waals surface area contributed by atoms with Gasteiger partial charge in [-0.1, -0.05) is 18.0 Å². The number of rotatable bonds is 4. The van der Waals surface area contributed by atoms with Crippen LogP contribution in [0.25, 0.3) is 0 Å². The minimum atomic E-state index is 0.513. The molecule has 1 saturated carbocycles. The van der Waals surface area contributed by atoms with Crippen molar-refractivity contribution in [3.8, 4) is 0 Å². The lowest BCUT2D eigenvalue weighted by Gasteiger charge is -1.99. The van der Waals surface area contributed by atoms with Crippen LogP contribution in [-0.2, 0) is 12.8 Å². The Morgan fingerprint density at radius 3 is 2.83 bits per heavy atom. The van der Waals surface area contributed by atoms with Crippen LogP contribution in [0.5, 0.6) is 0 Å². The molecule has 0 aliphatic heterocycles. The average Bonchev–Trinajstić information content (AvgIpc) is 3.08. The molecule has 0 bridgehead atoms. The summed E-state index contributed by atoms with van der Waals surface area (Å²) in [5, 5.41) is 4.09. The number of aromatic nitrogens is 4. The third kappa shape index (κ3) is 2.55. The van der Waals surface area contributed by atoms with Gasteiger partial charge in [-0.05, 0) is 19.3 Å². The summed E-state index contributed by atoms with van der Waals surface area (Å²) in [6, 6.07) is 0. The third-order valence-electron chi connectivity index (χ3n) is 3.42. The quantitative estimate of drug-likeness (QED) is 0.825. The van der Waals surface area contributed by atoms with Gasteiger partial charge in [0.05, 0.1) is 5.69 Å². The van der Waals surface area contributed by atoms with Crippen molar-refractivity contribution >= 4 is 0 Å². The molecule has 0 unspecified atom stereocenters. The summed E-state index contributed by atoms with van der Waals surface area (Å²) in [6.45, 7) is 0. The standard InChI is InChI=1S/C13H16N4O/c1-2-4-10(3-1)13-16-12(18-17-13)6-5-11-9-14-7-8-15-11/h7-10H,1-6H2. The van der Waals surface area contributed by atoms with E-state index < -0.39 is 0 Å². The maximum Gasteiger partial charge on any atom is 0.227 e. The third-order valence-corrected chi connectivity index (χ3v) is 3.42. The average molecular weight is 244 g/mol. The molecule has 0 N–H and O–H groups in total. The minimum absolute atomic E-state index is 0.513. The molecule has 0 amide bonds. The Balaban J connectivity index is 1.60. The lowest BCUT2D eigenvalue weighted by molar-refractivity contribution is 0.369. The highest BCUT2D eigenvalue weighted by Gasteiger charge is 2.22. The molecule has 94 valence electrons. The Hall–Kier alpha value is -1.78. The highest BCUT2D eigenvalue weighted by molar-refractivity contribution is 5.00. The summed E-state index contributed by atoms with van der Waals surface area (Å²) >= 11 is 0. The predicted molar refractivity (Wildman–Crippen MR) is 64.9 cm³/mol. The first kappa shape index (κ1) is 11.3. The Kier molecular flexibility index (Phi) is 3.30. The van der Waals surface area contributed by atoms with Crippen LogP contribution < -0.4 is 0 Å². The summed E-state index contributed by atoms with van der Waals surface area (Å²) < 4.78 is 5.29. The molecular weight excluding hydrogens is 228 g/mol. The second-order valence-electron chi connectivity index (χ2n) is 4.72. The molecule has 2 aromatic heterocycles. The molecule has 0 aromatic carbocycles. The van der Waals surface area contributed by atoms with Crippen LogP contribution in [0, 0.1) is 0 Å². The van der Waals surface area contributed by atoms with Gasteiger partial charge >= 0.3 is 0 Å². The highest BCUT2D eigenvalue weighted by Crippen LogP contribution is 2.32. The molecule has 18 heavy (non-hydrogen) atoms. The van der Waals surface area contributed by atoms with E-state index in [4.69, 9.17) is 4.52 Å². The molecule has 0 saturated heterocycles. The van der Waals surface area contributed by atoms with Gasteiger partial charge in [-0.25, -0.2) is 0 Å². The van der Waals surface area contributed by atoms with Crippen molar-refractivity contribution < 1.29 is 4.52 Å². The lowest BCUT2D eigenvalue weighted by Crippen LogP contribution is -1.97. The zero-order valence-corrected chi connectivity index (χ0v) is 10.2. The Morgan fingerprint density at radius 2 is 2.06 bits per heavy atom. The van der Waals surface area contributed by atoms with Crippen molar-refractivity contribution in [2.24, 2.45) is 0 Å². The first-order chi connectivity index (χ1) is 8.92. The molecule has 1 fully saturated rings. The summed E-state index contributed by atoms with van der Waals surface area (Å²) in [5.41, 5.74) is 0.957. The molecule has 3 rings (SSSR count). The number of hydrogen-bond acceptors (Lipinski definition) is 5. The molecular formula is C13H16N4O. The van der Waals surface area contributed by atoms with Gasteiger partial charge < -0.3 is 4.52 Å². The second kappa shape index (κ2) is 5.25. The predicted octanol–water partition coefficient (Wildman–Crippen LogP) is 2.30. The molecule has 5 heteroatoms. The lowest BCUT2D eigenvalue weighted by atomic mass is 10.1. The van der Waals surface area contributed by atoms with Gasteiger partial charge in [-0.3, -0.25) is 9.97 Å². The SMILES string of the molecule is c1cnc(CCc2nc(C3CCCC3)no2)cn1. The van der Waals surface area contributed by atoms with Gasteiger partial charge in [-0.15, -0.1) is 0 Å². The zero-order chi connectivity index (χ0) is 12.2. The fourth-order valence-corrected chi connectivity index (χ4v) is 2.41. The van der Waals surface area contributed by atoms with Gasteiger partial charge in [0.1, 0.15) is 0 Å². The van der Waals surface area contributed by atoms with E-state index >= 15 is 0 Å². The summed E-state index contributed by atoms with van der Waals surface area (Å²) in [4.78, 5) is 12.7. The summed E-state index contributed by atoms with van der Waals surface area (Å²) in [5.74, 6) is 2.11. The fraction of sp³-hybridized carbons (Fsp3) is 0.538. The van der Waals surface area contributed by atoms with E-state index in [1.165, 1.54) is 25.7 Å². The number of hydrogen-bond donors (Lipinski definition) is 0. The fourth-order valence-electron chi connectivity index (χ4n) is 2.41. The van der Waals surface area contributed by atoms with E-state index in [0.717, 1.165) is 24.4 Å². The van der Waals surface area contributed by atoms with Gasteiger partial charge in [-0.2, -0.15) is 4.98 Å². The molecule has 0 radical (unpaired) electrons. The van der Waals surface area contributed by atoms with Gasteiger partial charge in [0, 0.05) is 30.9 Å². The Labute approximate surface area is 106 Å². The highest BCUT2D eigenvalue weighted by atomic mass is 16.5. The van der Waals surface area contributed by atoms with Crippen LogP contribution in [0.4, 0.5) is 0 Å². The van der Waals surface area contributed by atoms with Crippen LogP contribution in [0.1, 0.15) is 49.0 Å². The molecule has 0 atom stereocenters. The van der Waals surface area contributed by atoms with Gasteiger partial charge in [0.25, 0.3) is 0 Å². The topological polar surface area (TPSA) is 64.7 Å². The molecule has 5 nitrogen and oxygen atoms in total. The Bertz CT molecular complexity index is 491. The van der Waals surface area contributed by atoms with Crippen molar-refractivity contribution in [3.05, 3.63) is 36.0 Å². The first-order valence-electron chi connectivity index (χ1n) is 6.49. The normalized spacial score (nSPS) is 16.2. The zero-order valence-electron chi connectivity index (χ0n) is 10.2. The minimum Gasteiger partial charge on any atom is -0.339 e. The van der Waals surface area contributed by atoms with E-state index in [1.807, 2.05) is 0 Å². The van der Waals surface area contributed by atoms with Crippen LogP contribution in [-0.4, -0.2) is 20.1 Å². The van der Waals surface area contributed by atoms with Crippen molar-refractivity contribution in [2.45, 2.75) is 44.4 Å². The van der Waals surface area contributed by atoms with Crippen LogP contribution in [0.2, 0.25) is 0 Å². The largest absolute Gasteiger partial charge is 0.339 e. The van der Waals surface area contributed by atoms with Crippen molar-refractivity contribution in [3.63, 3.8) is 0 Å². The van der Waals surface area contributed by atoms with E-state index in [-0.39, 0.29) is 0 Å². The maximum atomic E-state index is 5.29. The smallest absolute Gasteiger partial charge is 0.227 e. The molecule has 0 spiro atoms. The van der Waals surface area contributed by atoms with Gasteiger partial charge in [0.15, 0.2) is 5.82 Å². The molecule has 2 aromatic rings. The van der Waals surface area contributed by atoms with Crippen molar-refractivity contribution in [2.75, 3.05) is 0 Å². The molecule has 1 aliphatic rings. The molecule has 2 heterocycles. The number of nitrogens with zero attached hydrogens (tertiary/aromatic N) is 4. The van der Waals surface area contributed by atoms with E-state index in [2.05, 4.69) is 20.1 Å². The van der Waals surface area contributed by atoms with Crippen LogP contribution >= 0.6 is 0 Å². The maximum absolute atomic E-state index is 5.29. The monoisotopic (exact) mass is 244 g/mol. The van der Waals surface area contributed by atoms with Crippen molar-refractivity contribution in [1.82, 2.24) is 20.1 Å². The van der Waals surface area contributed by atoms with Crippen LogP contribution in [0.15, 0.2) is 23.1 Å². The summed E-state index contributed by atoms with van der Waals surface area (Å²) in [7, 11) is 0. The van der Waals surface area contributed by atoms with Crippen LogP contribution in [0.3, 0.4) is 0 Å². The van der Waals surface area contributed by atoms with E-state index in [0.29, 0.717) is 11.8 Å². The van der Waals surface area contributed by atoms with Crippen molar-refractivity contribution in [1.29, 1.82) is 0 Å². The first-order valence-corrected chi connectivity index (χ1v) is 6.49. The van der Waals surface area contributed by atoms with E-state index in [9.17, 15) is 0 Å².